The van der Waals surface area contributed by atoms with E-state index in [4.69, 9.17) is 4.74 Å². The zero-order valence-corrected chi connectivity index (χ0v) is 19.7. The Morgan fingerprint density at radius 2 is 1.65 bits per heavy atom. The first-order chi connectivity index (χ1) is 16.4. The maximum atomic E-state index is 13.4. The van der Waals surface area contributed by atoms with Gasteiger partial charge in [-0.2, -0.15) is 0 Å². The maximum absolute atomic E-state index is 13.4. The van der Waals surface area contributed by atoms with E-state index >= 15 is 0 Å². The van der Waals surface area contributed by atoms with Gasteiger partial charge in [0.1, 0.15) is 11.6 Å². The molecule has 1 aliphatic heterocycles. The summed E-state index contributed by atoms with van der Waals surface area (Å²) >= 11 is 1.31. The predicted octanol–water partition coefficient (Wildman–Crippen LogP) is 5.40. The zero-order valence-electron chi connectivity index (χ0n) is 18.9. The van der Waals surface area contributed by atoms with Crippen molar-refractivity contribution >= 4 is 23.1 Å². The molecule has 0 aliphatic carbocycles. The van der Waals surface area contributed by atoms with Gasteiger partial charge in [0.2, 0.25) is 5.01 Å². The number of piperidine rings is 1. The fourth-order valence-corrected chi connectivity index (χ4v) is 5.13. The molecule has 3 aromatic rings. The second-order valence-corrected chi connectivity index (χ2v) is 9.34. The minimum absolute atomic E-state index is 0.0599. The summed E-state index contributed by atoms with van der Waals surface area (Å²) in [6, 6.07) is 11.8. The number of hydrogen-bond donors (Lipinski definition) is 0. The summed E-state index contributed by atoms with van der Waals surface area (Å²) in [7, 11) is 0. The highest BCUT2D eigenvalue weighted by Crippen LogP contribution is 2.30. The SMILES string of the molecule is CCOC(=O)c1nc(-c2ccc(F)cc2)c(CCN2CCC(C(=O)c3ccc(F)cc3)CC2)s1. The lowest BCUT2D eigenvalue weighted by Crippen LogP contribution is -2.37. The van der Waals surface area contributed by atoms with E-state index in [-0.39, 0.29) is 29.9 Å². The van der Waals surface area contributed by atoms with Crippen molar-refractivity contribution in [3.63, 3.8) is 0 Å². The number of aromatic nitrogens is 1. The Kier molecular flexibility index (Phi) is 7.80. The molecule has 1 aromatic heterocycles. The van der Waals surface area contributed by atoms with Crippen LogP contribution in [0.4, 0.5) is 8.78 Å². The summed E-state index contributed by atoms with van der Waals surface area (Å²) in [4.78, 5) is 32.7. The van der Waals surface area contributed by atoms with Crippen LogP contribution < -0.4 is 0 Å². The third kappa shape index (κ3) is 5.74. The molecule has 0 spiro atoms. The lowest BCUT2D eigenvalue weighted by Gasteiger charge is -2.31. The van der Waals surface area contributed by atoms with Crippen LogP contribution in [0.1, 0.15) is 44.8 Å². The summed E-state index contributed by atoms with van der Waals surface area (Å²) in [5, 5.41) is 0.291. The molecule has 2 aromatic carbocycles. The molecular weight excluding hydrogens is 458 g/mol. The molecule has 0 atom stereocenters. The molecule has 1 aliphatic rings. The lowest BCUT2D eigenvalue weighted by molar-refractivity contribution is 0.0526. The van der Waals surface area contributed by atoms with E-state index in [9.17, 15) is 18.4 Å². The first-order valence-electron chi connectivity index (χ1n) is 11.4. The van der Waals surface area contributed by atoms with Gasteiger partial charge in [0.05, 0.1) is 12.3 Å². The first kappa shape index (κ1) is 24.2. The first-order valence-corrected chi connectivity index (χ1v) is 12.2. The summed E-state index contributed by atoms with van der Waals surface area (Å²) in [5.41, 5.74) is 1.99. The summed E-state index contributed by atoms with van der Waals surface area (Å²) in [6.45, 7) is 4.35. The van der Waals surface area contributed by atoms with E-state index in [0.717, 1.165) is 42.9 Å². The molecule has 34 heavy (non-hydrogen) atoms. The van der Waals surface area contributed by atoms with Crippen LogP contribution >= 0.6 is 11.3 Å². The van der Waals surface area contributed by atoms with Crippen LogP contribution in [0.15, 0.2) is 48.5 Å². The molecule has 8 heteroatoms. The van der Waals surface area contributed by atoms with E-state index in [2.05, 4.69) is 9.88 Å². The minimum atomic E-state index is -0.456. The second kappa shape index (κ2) is 11.0. The van der Waals surface area contributed by atoms with Crippen molar-refractivity contribution in [1.29, 1.82) is 0 Å². The van der Waals surface area contributed by atoms with Gasteiger partial charge in [-0.1, -0.05) is 0 Å². The number of Topliss-reactive ketones (excluding diaryl/α,β-unsaturated/α-hetero) is 1. The quantitative estimate of drug-likeness (QED) is 0.316. The number of nitrogens with zero attached hydrogens (tertiary/aromatic N) is 2. The Labute approximate surface area is 201 Å². The van der Waals surface area contributed by atoms with Crippen LogP contribution in [-0.2, 0) is 11.2 Å². The minimum Gasteiger partial charge on any atom is -0.461 e. The number of rotatable bonds is 8. The molecule has 0 saturated carbocycles. The molecule has 2 heterocycles. The average molecular weight is 485 g/mol. The van der Waals surface area contributed by atoms with Crippen LogP contribution in [0.2, 0.25) is 0 Å². The number of halogens is 2. The van der Waals surface area contributed by atoms with Crippen molar-refractivity contribution in [2.24, 2.45) is 5.92 Å². The van der Waals surface area contributed by atoms with Crippen molar-refractivity contribution in [3.05, 3.63) is 75.6 Å². The Bertz CT molecular complexity index is 1140. The Morgan fingerprint density at radius 3 is 2.26 bits per heavy atom. The number of ketones is 1. The number of likely N-dealkylation sites (tertiary alicyclic amines) is 1. The molecule has 0 radical (unpaired) electrons. The van der Waals surface area contributed by atoms with Crippen molar-refractivity contribution in [3.8, 4) is 11.3 Å². The Morgan fingerprint density at radius 1 is 1.03 bits per heavy atom. The van der Waals surface area contributed by atoms with E-state index in [1.54, 1.807) is 31.2 Å². The third-order valence-corrected chi connectivity index (χ3v) is 7.10. The molecule has 0 N–H and O–H groups in total. The molecule has 4 rings (SSSR count). The largest absolute Gasteiger partial charge is 0.461 e. The molecule has 0 bridgehead atoms. The van der Waals surface area contributed by atoms with Crippen LogP contribution in [0.3, 0.4) is 0 Å². The van der Waals surface area contributed by atoms with Gasteiger partial charge in [0.25, 0.3) is 0 Å². The molecule has 1 saturated heterocycles. The highest BCUT2D eigenvalue weighted by atomic mass is 32.1. The molecule has 178 valence electrons. The predicted molar refractivity (Wildman–Crippen MR) is 127 cm³/mol. The van der Waals surface area contributed by atoms with Gasteiger partial charge in [-0.05, 0) is 87.8 Å². The van der Waals surface area contributed by atoms with Crippen molar-refractivity contribution in [1.82, 2.24) is 9.88 Å². The monoisotopic (exact) mass is 484 g/mol. The number of carbonyl (C=O) groups excluding carboxylic acids is 2. The second-order valence-electron chi connectivity index (χ2n) is 8.26. The van der Waals surface area contributed by atoms with Crippen molar-refractivity contribution in [2.45, 2.75) is 26.2 Å². The molecular formula is C26H26F2N2O3S. The number of thiazole rings is 1. The Balaban J connectivity index is 1.40. The highest BCUT2D eigenvalue weighted by molar-refractivity contribution is 7.14. The van der Waals surface area contributed by atoms with Crippen LogP contribution in [0.25, 0.3) is 11.3 Å². The van der Waals surface area contributed by atoms with E-state index in [1.165, 1.54) is 35.6 Å². The summed E-state index contributed by atoms with van der Waals surface area (Å²) in [6.07, 6.45) is 2.18. The maximum Gasteiger partial charge on any atom is 0.367 e. The van der Waals surface area contributed by atoms with Crippen LogP contribution in [-0.4, -0.2) is 47.9 Å². The summed E-state index contributed by atoms with van der Waals surface area (Å²) in [5.74, 6) is -1.12. The normalized spacial score (nSPS) is 14.8. The summed E-state index contributed by atoms with van der Waals surface area (Å²) < 4.78 is 31.7. The van der Waals surface area contributed by atoms with Crippen LogP contribution in [0, 0.1) is 17.6 Å². The van der Waals surface area contributed by atoms with Gasteiger partial charge in [0.15, 0.2) is 5.78 Å². The standard InChI is InChI=1S/C26H26F2N2O3S/c1-2-33-26(32)25-29-23(17-3-7-20(27)8-4-17)22(34-25)13-16-30-14-11-19(12-15-30)24(31)18-5-9-21(28)10-6-18/h3-10,19H,2,11-16H2,1H3. The van der Waals surface area contributed by atoms with E-state index in [1.807, 2.05) is 0 Å². The number of carbonyl (C=O) groups is 2. The van der Waals surface area contributed by atoms with Crippen molar-refractivity contribution in [2.75, 3.05) is 26.2 Å². The van der Waals surface area contributed by atoms with Gasteiger partial charge in [-0.3, -0.25) is 4.79 Å². The molecule has 1 fully saturated rings. The van der Waals surface area contributed by atoms with Crippen LogP contribution in [0.5, 0.6) is 0 Å². The number of benzene rings is 2. The van der Waals surface area contributed by atoms with E-state index in [0.29, 0.717) is 22.7 Å². The highest BCUT2D eigenvalue weighted by Gasteiger charge is 2.26. The molecule has 0 unspecified atom stereocenters. The lowest BCUT2D eigenvalue weighted by atomic mass is 9.89. The van der Waals surface area contributed by atoms with Gasteiger partial charge < -0.3 is 9.64 Å². The zero-order chi connectivity index (χ0) is 24.1. The number of ether oxygens (including phenoxy) is 1. The van der Waals surface area contributed by atoms with E-state index < -0.39 is 5.97 Å². The van der Waals surface area contributed by atoms with Gasteiger partial charge in [-0.25, -0.2) is 18.6 Å². The van der Waals surface area contributed by atoms with Gasteiger partial charge in [0, 0.05) is 28.5 Å². The fraction of sp³-hybridized carbons (Fsp3) is 0.346. The Hall–Kier alpha value is -2.97. The average Bonchev–Trinajstić information content (AvgIpc) is 3.28. The topological polar surface area (TPSA) is 59.5 Å². The molecule has 0 amide bonds. The van der Waals surface area contributed by atoms with Gasteiger partial charge >= 0.3 is 5.97 Å². The van der Waals surface area contributed by atoms with Crippen molar-refractivity contribution < 1.29 is 23.1 Å². The van der Waals surface area contributed by atoms with Gasteiger partial charge in [-0.15, -0.1) is 11.3 Å². The fourth-order valence-electron chi connectivity index (χ4n) is 4.16. The molecule has 5 nitrogen and oxygen atoms in total. The number of esters is 1. The smallest absolute Gasteiger partial charge is 0.367 e. The number of hydrogen-bond acceptors (Lipinski definition) is 6. The third-order valence-electron chi connectivity index (χ3n) is 6.01.